The van der Waals surface area contributed by atoms with E-state index in [4.69, 9.17) is 58.0 Å². The molecule has 0 aliphatic carbocycles. The molecule has 14 heavy (non-hydrogen) atoms. The monoisotopic (exact) mass is 298 g/mol. The molecule has 0 unspecified atom stereocenters. The third-order valence-corrected chi connectivity index (χ3v) is 3.06. The van der Waals surface area contributed by atoms with Crippen LogP contribution < -0.4 is 0 Å². The smallest absolute Gasteiger partial charge is 0.348 e. The van der Waals surface area contributed by atoms with Crippen LogP contribution in [0.2, 0.25) is 0 Å². The number of ether oxygens (including phenoxy) is 1. The number of rotatable bonds is 4. The second kappa shape index (κ2) is 6.29. The van der Waals surface area contributed by atoms with E-state index in [0.717, 1.165) is 0 Å². The van der Waals surface area contributed by atoms with Gasteiger partial charge in [-0.2, -0.15) is 0 Å². The molecule has 2 nitrogen and oxygen atoms in total. The van der Waals surface area contributed by atoms with Crippen molar-refractivity contribution in [3.05, 3.63) is 9.52 Å². The standard InChI is InChI=1S/C7H7Cl5O2/c1-2-3-14-6(13)7(11,12)4(8)5(9)10/h2-3H2,1H3. The Morgan fingerprint density at radius 1 is 1.29 bits per heavy atom. The molecule has 82 valence electrons. The maximum atomic E-state index is 11.2. The molecule has 0 spiro atoms. The second-order valence-corrected chi connectivity index (χ2v) is 4.94. The lowest BCUT2D eigenvalue weighted by molar-refractivity contribution is -0.143. The van der Waals surface area contributed by atoms with Gasteiger partial charge in [0.25, 0.3) is 4.33 Å². The normalized spacial score (nSPS) is 11.0. The van der Waals surface area contributed by atoms with E-state index in [1.165, 1.54) is 0 Å². The molecule has 0 bridgehead atoms. The predicted molar refractivity (Wildman–Crippen MR) is 60.3 cm³/mol. The van der Waals surface area contributed by atoms with Crippen molar-refractivity contribution in [1.29, 1.82) is 0 Å². The van der Waals surface area contributed by atoms with Crippen LogP contribution in [-0.2, 0) is 9.53 Å². The summed E-state index contributed by atoms with van der Waals surface area (Å²) in [4.78, 5) is 11.2. The van der Waals surface area contributed by atoms with Crippen molar-refractivity contribution in [2.75, 3.05) is 6.61 Å². The van der Waals surface area contributed by atoms with Crippen LogP contribution in [-0.4, -0.2) is 16.9 Å². The van der Waals surface area contributed by atoms with Crippen LogP contribution in [0, 0.1) is 0 Å². The van der Waals surface area contributed by atoms with Gasteiger partial charge in [-0.25, -0.2) is 4.79 Å². The SMILES string of the molecule is CCCOC(=O)C(Cl)(Cl)C(Cl)=C(Cl)Cl. The highest BCUT2D eigenvalue weighted by Gasteiger charge is 2.40. The number of esters is 1. The molecule has 0 saturated heterocycles. The first-order chi connectivity index (χ1) is 6.34. The van der Waals surface area contributed by atoms with E-state index >= 15 is 0 Å². The topological polar surface area (TPSA) is 26.3 Å². The molecule has 0 saturated carbocycles. The lowest BCUT2D eigenvalue weighted by atomic mass is 10.4. The Hall–Kier alpha value is 0.660. The van der Waals surface area contributed by atoms with Gasteiger partial charge in [-0.05, 0) is 6.42 Å². The maximum absolute atomic E-state index is 11.2. The second-order valence-electron chi connectivity index (χ2n) is 2.28. The van der Waals surface area contributed by atoms with E-state index in [1.54, 1.807) is 0 Å². The van der Waals surface area contributed by atoms with E-state index in [2.05, 4.69) is 4.74 Å². The Morgan fingerprint density at radius 3 is 2.14 bits per heavy atom. The molecule has 7 heteroatoms. The summed E-state index contributed by atoms with van der Waals surface area (Å²) in [5.41, 5.74) is 0. The van der Waals surface area contributed by atoms with Crippen LogP contribution in [0.3, 0.4) is 0 Å². The summed E-state index contributed by atoms with van der Waals surface area (Å²) in [5.74, 6) is -0.897. The molecule has 0 aliphatic heterocycles. The molecule has 0 aromatic carbocycles. The van der Waals surface area contributed by atoms with Gasteiger partial charge in [0.05, 0.1) is 11.6 Å². The number of hydrogen-bond donors (Lipinski definition) is 0. The molecular weight excluding hydrogens is 293 g/mol. The molecular formula is C7H7Cl5O2. The first-order valence-corrected chi connectivity index (χ1v) is 5.49. The number of carbonyl (C=O) groups is 1. The van der Waals surface area contributed by atoms with Crippen molar-refractivity contribution in [1.82, 2.24) is 0 Å². The van der Waals surface area contributed by atoms with Crippen LogP contribution in [0.1, 0.15) is 13.3 Å². The molecule has 0 N–H and O–H groups in total. The molecule has 0 aliphatic rings. The Bertz CT molecular complexity index is 244. The van der Waals surface area contributed by atoms with E-state index in [-0.39, 0.29) is 16.1 Å². The fourth-order valence-electron chi connectivity index (χ4n) is 0.494. The van der Waals surface area contributed by atoms with Gasteiger partial charge in [0.2, 0.25) is 0 Å². The third-order valence-electron chi connectivity index (χ3n) is 1.14. The summed E-state index contributed by atoms with van der Waals surface area (Å²) >= 11 is 27.4. The van der Waals surface area contributed by atoms with Gasteiger partial charge in [-0.15, -0.1) is 0 Å². The zero-order chi connectivity index (χ0) is 11.4. The fraction of sp³-hybridized carbons (Fsp3) is 0.571. The summed E-state index contributed by atoms with van der Waals surface area (Å²) in [7, 11) is 0. The molecule has 0 heterocycles. The first kappa shape index (κ1) is 14.7. The minimum absolute atomic E-state index is 0.199. The molecule has 0 aromatic heterocycles. The first-order valence-electron chi connectivity index (χ1n) is 3.60. The van der Waals surface area contributed by atoms with Gasteiger partial charge in [-0.3, -0.25) is 0 Å². The highest BCUT2D eigenvalue weighted by atomic mass is 35.5. The zero-order valence-electron chi connectivity index (χ0n) is 7.12. The van der Waals surface area contributed by atoms with Gasteiger partial charge in [-0.1, -0.05) is 64.9 Å². The number of hydrogen-bond acceptors (Lipinski definition) is 2. The molecule has 0 rings (SSSR count). The minimum Gasteiger partial charge on any atom is -0.463 e. The van der Waals surface area contributed by atoms with Crippen molar-refractivity contribution in [3.8, 4) is 0 Å². The van der Waals surface area contributed by atoms with Gasteiger partial charge < -0.3 is 4.74 Å². The summed E-state index contributed by atoms with van der Waals surface area (Å²) < 4.78 is 2.27. The number of halogens is 5. The van der Waals surface area contributed by atoms with Crippen molar-refractivity contribution in [3.63, 3.8) is 0 Å². The van der Waals surface area contributed by atoms with Crippen LogP contribution >= 0.6 is 58.0 Å². The largest absolute Gasteiger partial charge is 0.463 e. The van der Waals surface area contributed by atoms with Gasteiger partial charge >= 0.3 is 5.97 Å². The summed E-state index contributed by atoms with van der Waals surface area (Å²) in [5, 5.41) is -0.370. The Morgan fingerprint density at radius 2 is 1.79 bits per heavy atom. The van der Waals surface area contributed by atoms with Crippen LogP contribution in [0.5, 0.6) is 0 Å². The van der Waals surface area contributed by atoms with E-state index in [1.807, 2.05) is 6.92 Å². The van der Waals surface area contributed by atoms with Crippen molar-refractivity contribution in [2.45, 2.75) is 17.7 Å². The van der Waals surface area contributed by atoms with Gasteiger partial charge in [0, 0.05) is 0 Å². The lowest BCUT2D eigenvalue weighted by Gasteiger charge is -2.16. The predicted octanol–water partition coefficient (Wildman–Crippen LogP) is 4.00. The Kier molecular flexibility index (Phi) is 6.58. The Labute approximate surface area is 107 Å². The average Bonchev–Trinajstić information content (AvgIpc) is 2.12. The highest BCUT2D eigenvalue weighted by Crippen LogP contribution is 2.38. The lowest BCUT2D eigenvalue weighted by Crippen LogP contribution is -2.29. The quantitative estimate of drug-likeness (QED) is 0.579. The summed E-state index contributed by atoms with van der Waals surface area (Å²) in [6.45, 7) is 2.02. The molecule has 0 radical (unpaired) electrons. The highest BCUT2D eigenvalue weighted by molar-refractivity contribution is 6.68. The molecule has 0 amide bonds. The van der Waals surface area contributed by atoms with E-state index in [0.29, 0.717) is 6.42 Å². The summed E-state index contributed by atoms with van der Waals surface area (Å²) in [6.07, 6.45) is 0.644. The third kappa shape index (κ3) is 4.03. The molecule has 0 fully saturated rings. The number of alkyl halides is 2. The van der Waals surface area contributed by atoms with E-state index < -0.39 is 10.3 Å². The molecule has 0 atom stereocenters. The summed E-state index contributed by atoms with van der Waals surface area (Å²) in [6, 6.07) is 0. The maximum Gasteiger partial charge on any atom is 0.348 e. The van der Waals surface area contributed by atoms with Crippen LogP contribution in [0.4, 0.5) is 0 Å². The Balaban J connectivity index is 4.62. The average molecular weight is 300 g/mol. The van der Waals surface area contributed by atoms with Crippen molar-refractivity contribution in [2.24, 2.45) is 0 Å². The van der Waals surface area contributed by atoms with Crippen LogP contribution in [0.15, 0.2) is 9.52 Å². The molecule has 0 aromatic rings. The van der Waals surface area contributed by atoms with Gasteiger partial charge in [0.15, 0.2) is 0 Å². The van der Waals surface area contributed by atoms with Crippen molar-refractivity contribution >= 4 is 64.0 Å². The van der Waals surface area contributed by atoms with Crippen LogP contribution in [0.25, 0.3) is 0 Å². The van der Waals surface area contributed by atoms with Crippen molar-refractivity contribution < 1.29 is 9.53 Å². The number of carbonyl (C=O) groups excluding carboxylic acids is 1. The minimum atomic E-state index is -2.05. The zero-order valence-corrected chi connectivity index (χ0v) is 10.9. The van der Waals surface area contributed by atoms with Gasteiger partial charge in [0.1, 0.15) is 4.49 Å². The fourth-order valence-corrected chi connectivity index (χ4v) is 1.35. The van der Waals surface area contributed by atoms with E-state index in [9.17, 15) is 4.79 Å².